The first-order valence-electron chi connectivity index (χ1n) is 17.2. The molecule has 2 radical (unpaired) electrons. The number of benzene rings is 6. The predicted octanol–water partition coefficient (Wildman–Crippen LogP) is 7.65. The first kappa shape index (κ1) is 47.0. The summed E-state index contributed by atoms with van der Waals surface area (Å²) in [5.74, 6) is 1.63. The van der Waals surface area contributed by atoms with Crippen LogP contribution in [0.1, 0.15) is 11.1 Å². The van der Waals surface area contributed by atoms with E-state index in [1.165, 1.54) is 0 Å². The van der Waals surface area contributed by atoms with E-state index in [9.17, 15) is 10.2 Å². The van der Waals surface area contributed by atoms with Crippen LogP contribution in [0.25, 0.3) is 44.8 Å². The van der Waals surface area contributed by atoms with Crippen molar-refractivity contribution in [3.8, 4) is 34.3 Å². The fourth-order valence-corrected chi connectivity index (χ4v) is 5.78. The largest absolute Gasteiger partial charge is 2.00 e. The second-order valence-electron chi connectivity index (χ2n) is 12.0. The molecule has 2 aromatic heterocycles. The van der Waals surface area contributed by atoms with E-state index in [4.69, 9.17) is 40.6 Å². The van der Waals surface area contributed by atoms with Gasteiger partial charge in [0.1, 0.15) is 11.6 Å². The summed E-state index contributed by atoms with van der Waals surface area (Å²) in [6, 6.07) is 45.5. The molecule has 0 fully saturated rings. The van der Waals surface area contributed by atoms with Crippen LogP contribution in [0.4, 0.5) is 11.4 Å². The van der Waals surface area contributed by atoms with Crippen molar-refractivity contribution >= 4 is 45.9 Å². The molecular weight excluding hydrogens is 872 g/mol. The zero-order valence-corrected chi connectivity index (χ0v) is 33.3. The molecule has 2 heterocycles. The van der Waals surface area contributed by atoms with Crippen LogP contribution in [0.3, 0.4) is 0 Å². The molecule has 0 spiro atoms. The van der Waals surface area contributed by atoms with Gasteiger partial charge in [-0.3, -0.25) is 9.98 Å². The number of aliphatic imine (C=N–C) groups is 2. The van der Waals surface area contributed by atoms with E-state index in [0.717, 1.165) is 56.2 Å². The van der Waals surface area contributed by atoms with Gasteiger partial charge in [-0.25, -0.2) is 9.97 Å². The van der Waals surface area contributed by atoms with Crippen LogP contribution in [0.15, 0.2) is 156 Å². The number of hydrogen-bond donors (Lipinski definition) is 0. The molecule has 8 rings (SSSR count). The van der Waals surface area contributed by atoms with Crippen molar-refractivity contribution < 1.29 is 54.5 Å². The Bertz CT molecular complexity index is 2560. The van der Waals surface area contributed by atoms with Gasteiger partial charge in [0.2, 0.25) is 0 Å². The van der Waals surface area contributed by atoms with Gasteiger partial charge >= 0.3 is 34.1 Å². The molecule has 16 nitrogen and oxygen atoms in total. The molecule has 0 amide bonds. The zero-order valence-electron chi connectivity index (χ0n) is 31.5. The van der Waals surface area contributed by atoms with Crippen LogP contribution in [0.5, 0.6) is 11.5 Å². The standard InChI is InChI=1S/2C21H17N3O.2Cu.2NO3/c2*1-24-19-12-6-5-11-18(19)23-21(24)16-9-3-4-10-17(16)22-14-15-8-2-7-13-20(15)25;;;2*2-1(3)4/h2*2-14,25H,1H3;;;;/q;;2*+2;2*-1/p-2. The first-order chi connectivity index (χ1) is 27.9. The summed E-state index contributed by atoms with van der Waals surface area (Å²) >= 11 is 0. The molecule has 0 aliphatic heterocycles. The van der Waals surface area contributed by atoms with Gasteiger partial charge in [-0.2, -0.15) is 0 Å². The molecule has 6 aromatic carbocycles. The average molecular weight is 904 g/mol. The van der Waals surface area contributed by atoms with Gasteiger partial charge < -0.3 is 50.0 Å². The molecular formula is C42H32Cu2N8O8. The molecule has 0 saturated heterocycles. The predicted molar refractivity (Wildman–Crippen MR) is 219 cm³/mol. The van der Waals surface area contributed by atoms with Crippen molar-refractivity contribution in [2.75, 3.05) is 0 Å². The van der Waals surface area contributed by atoms with Crippen LogP contribution < -0.4 is 10.2 Å². The third-order valence-electron chi connectivity index (χ3n) is 8.39. The van der Waals surface area contributed by atoms with Gasteiger partial charge in [0.05, 0.1) is 43.6 Å². The second-order valence-corrected chi connectivity index (χ2v) is 12.0. The quantitative estimate of drug-likeness (QED) is 0.0683. The zero-order chi connectivity index (χ0) is 41.6. The Morgan fingerprint density at radius 3 is 1.13 bits per heavy atom. The number of hydrogen-bond acceptors (Lipinski definition) is 12. The molecule has 0 N–H and O–H groups in total. The summed E-state index contributed by atoms with van der Waals surface area (Å²) in [4.78, 5) is 35.1. The van der Waals surface area contributed by atoms with Gasteiger partial charge in [-0.05, 0) is 59.7 Å². The van der Waals surface area contributed by atoms with Crippen LogP contribution in [0, 0.1) is 30.6 Å². The van der Waals surface area contributed by atoms with Crippen LogP contribution >= 0.6 is 0 Å². The summed E-state index contributed by atoms with van der Waals surface area (Å²) in [6.45, 7) is 0. The van der Waals surface area contributed by atoms with E-state index < -0.39 is 10.2 Å². The molecule has 0 atom stereocenters. The Labute approximate surface area is 363 Å². The fraction of sp³-hybridized carbons (Fsp3) is 0.0476. The van der Waals surface area contributed by atoms with Crippen molar-refractivity contribution in [3.63, 3.8) is 0 Å². The minimum atomic E-state index is -1.75. The Kier molecular flexibility index (Phi) is 17.7. The van der Waals surface area contributed by atoms with Crippen LogP contribution in [-0.4, -0.2) is 41.7 Å². The van der Waals surface area contributed by atoms with Gasteiger partial charge in [-0.15, -0.1) is 11.5 Å². The molecule has 8 aromatic rings. The monoisotopic (exact) mass is 902 g/mol. The average Bonchev–Trinajstić information content (AvgIpc) is 3.73. The Balaban J connectivity index is 0.000000265. The molecule has 18 heteroatoms. The summed E-state index contributed by atoms with van der Waals surface area (Å²) in [6.07, 6.45) is 3.23. The van der Waals surface area contributed by atoms with E-state index in [1.54, 1.807) is 48.8 Å². The Hall–Kier alpha value is -7.36. The van der Waals surface area contributed by atoms with Crippen molar-refractivity contribution in [2.45, 2.75) is 0 Å². The number of nitrogens with zero attached hydrogens (tertiary/aromatic N) is 8. The summed E-state index contributed by atoms with van der Waals surface area (Å²) in [5.41, 5.74) is 8.61. The molecule has 0 bridgehead atoms. The third-order valence-corrected chi connectivity index (χ3v) is 8.39. The minimum Gasteiger partial charge on any atom is -0.872 e. The molecule has 0 aliphatic carbocycles. The molecule has 0 saturated carbocycles. The van der Waals surface area contributed by atoms with Crippen molar-refractivity contribution in [2.24, 2.45) is 24.1 Å². The summed E-state index contributed by atoms with van der Waals surface area (Å²) < 4.78 is 4.12. The molecule has 310 valence electrons. The van der Waals surface area contributed by atoms with Crippen LogP contribution in [-0.2, 0) is 48.2 Å². The number of rotatable bonds is 6. The number of fused-ring (bicyclic) bond motifs is 2. The molecule has 60 heavy (non-hydrogen) atoms. The molecule has 0 unspecified atom stereocenters. The fourth-order valence-electron chi connectivity index (χ4n) is 5.78. The summed E-state index contributed by atoms with van der Waals surface area (Å²) in [7, 11) is 4.00. The van der Waals surface area contributed by atoms with Crippen LogP contribution in [0.2, 0.25) is 0 Å². The summed E-state index contributed by atoms with van der Waals surface area (Å²) in [5, 5.41) is 53.2. The Morgan fingerprint density at radius 1 is 0.483 bits per heavy atom. The van der Waals surface area contributed by atoms with Crippen molar-refractivity contribution in [1.29, 1.82) is 0 Å². The van der Waals surface area contributed by atoms with E-state index >= 15 is 0 Å². The van der Waals surface area contributed by atoms with E-state index in [0.29, 0.717) is 11.1 Å². The topological polar surface area (TPSA) is 239 Å². The Morgan fingerprint density at radius 2 is 0.783 bits per heavy atom. The van der Waals surface area contributed by atoms with Gasteiger partial charge in [0, 0.05) is 37.7 Å². The van der Waals surface area contributed by atoms with Crippen molar-refractivity contribution in [1.82, 2.24) is 19.1 Å². The second kappa shape index (κ2) is 22.5. The maximum Gasteiger partial charge on any atom is 2.00 e. The van der Waals surface area contributed by atoms with Crippen molar-refractivity contribution in [3.05, 3.63) is 187 Å². The minimum absolute atomic E-state index is 0. The first-order valence-corrected chi connectivity index (χ1v) is 17.2. The number of aromatic nitrogens is 4. The molecule has 0 aliphatic rings. The van der Waals surface area contributed by atoms with Gasteiger partial charge in [0.25, 0.3) is 0 Å². The van der Waals surface area contributed by atoms with E-state index in [2.05, 4.69) is 19.1 Å². The SMILES string of the molecule is Cn1c(-c2ccccc2N=Cc2ccccc2[O-])nc2ccccc21.Cn1c(-c2ccccc2N=Cc2ccccc2[O-])nc2ccccc21.O=[N+]([O-])[O-].O=[N+]([O-])[O-].[Cu+2].[Cu+2]. The van der Waals surface area contributed by atoms with E-state index in [1.807, 2.05) is 123 Å². The smallest absolute Gasteiger partial charge is 0.872 e. The maximum atomic E-state index is 11.9. The van der Waals surface area contributed by atoms with Gasteiger partial charge in [0.15, 0.2) is 0 Å². The normalized spacial score (nSPS) is 10.3. The number of imidazole rings is 2. The van der Waals surface area contributed by atoms with Gasteiger partial charge in [-0.1, -0.05) is 97.1 Å². The third kappa shape index (κ3) is 12.3. The van der Waals surface area contributed by atoms with E-state index in [-0.39, 0.29) is 45.6 Å². The number of para-hydroxylation sites is 8. The number of aryl methyl sites for hydroxylation is 2. The maximum absolute atomic E-state index is 11.9.